The van der Waals surface area contributed by atoms with E-state index in [-0.39, 0.29) is 19.9 Å². The van der Waals surface area contributed by atoms with E-state index in [1.54, 1.807) is 0 Å². The van der Waals surface area contributed by atoms with Crippen molar-refractivity contribution >= 4 is 12.1 Å². The van der Waals surface area contributed by atoms with Crippen LogP contribution in [-0.4, -0.2) is 60.3 Å². The van der Waals surface area contributed by atoms with Crippen LogP contribution < -0.4 is 0 Å². The van der Waals surface area contributed by atoms with Crippen molar-refractivity contribution in [2.75, 3.05) is 27.0 Å². The molecule has 0 aliphatic carbocycles. The number of carboxylic acid groups (broad SMARTS) is 2. The van der Waals surface area contributed by atoms with E-state index in [1.165, 1.54) is 7.11 Å². The Balaban J connectivity index is 2.60. The molecule has 0 unspecified atom stereocenters. The summed E-state index contributed by atoms with van der Waals surface area (Å²) in [6.07, 6.45) is -1.23. The van der Waals surface area contributed by atoms with E-state index in [0.717, 1.165) is 4.90 Å². The summed E-state index contributed by atoms with van der Waals surface area (Å²) < 4.78 is 9.91. The van der Waals surface area contributed by atoms with Crippen molar-refractivity contribution in [3.8, 4) is 0 Å². The van der Waals surface area contributed by atoms with Crippen molar-refractivity contribution in [3.05, 3.63) is 0 Å². The van der Waals surface area contributed by atoms with Crippen molar-refractivity contribution < 1.29 is 29.3 Å². The quantitative estimate of drug-likeness (QED) is 0.666. The van der Waals surface area contributed by atoms with Crippen molar-refractivity contribution in [2.45, 2.75) is 12.5 Å². The van der Waals surface area contributed by atoms with Gasteiger partial charge in [0.05, 0.1) is 6.10 Å². The highest BCUT2D eigenvalue weighted by Gasteiger charge is 2.36. The Bertz CT molecular complexity index is 269. The van der Waals surface area contributed by atoms with Crippen LogP contribution in [0.1, 0.15) is 6.42 Å². The van der Waals surface area contributed by atoms with Gasteiger partial charge in [-0.1, -0.05) is 0 Å². The predicted octanol–water partition coefficient (Wildman–Crippen LogP) is 0.0600. The Morgan fingerprint density at radius 1 is 1.44 bits per heavy atom. The second kappa shape index (κ2) is 5.66. The molecule has 0 aromatic rings. The molecule has 1 saturated heterocycles. The van der Waals surface area contributed by atoms with Gasteiger partial charge in [0.25, 0.3) is 0 Å². The minimum atomic E-state index is -1.10. The number of nitrogens with zero attached hydrogens (tertiary/aromatic N) is 1. The van der Waals surface area contributed by atoms with Gasteiger partial charge < -0.3 is 24.6 Å². The third kappa shape index (κ3) is 3.07. The van der Waals surface area contributed by atoms with Crippen molar-refractivity contribution in [2.24, 2.45) is 5.92 Å². The highest BCUT2D eigenvalue weighted by molar-refractivity contribution is 5.73. The average Bonchev–Trinajstić information content (AvgIpc) is 2.25. The molecule has 0 aromatic heterocycles. The van der Waals surface area contributed by atoms with Crippen LogP contribution in [0.25, 0.3) is 0 Å². The first-order valence-corrected chi connectivity index (χ1v) is 4.87. The molecule has 0 radical (unpaired) electrons. The largest absolute Gasteiger partial charge is 0.481 e. The van der Waals surface area contributed by atoms with Crippen LogP contribution in [0.4, 0.5) is 4.79 Å². The van der Waals surface area contributed by atoms with Crippen LogP contribution in [0.15, 0.2) is 0 Å². The molecule has 0 saturated carbocycles. The Labute approximate surface area is 92.6 Å². The van der Waals surface area contributed by atoms with E-state index < -0.39 is 24.1 Å². The van der Waals surface area contributed by atoms with Gasteiger partial charge in [-0.3, -0.25) is 4.79 Å². The standard InChI is InChI=1S/C9H15NO6/c1-15-5-16-7-2-3-10(9(13)14)4-6(7)8(11)12/h6-7H,2-5H2,1H3,(H,11,12)(H,13,14)/t6-,7+/m0/s1. The van der Waals surface area contributed by atoms with Crippen molar-refractivity contribution in [1.82, 2.24) is 4.90 Å². The number of carbonyl (C=O) groups is 2. The summed E-state index contributed by atoms with van der Waals surface area (Å²) in [5.41, 5.74) is 0. The summed E-state index contributed by atoms with van der Waals surface area (Å²) in [5.74, 6) is -1.88. The topological polar surface area (TPSA) is 96.3 Å². The summed E-state index contributed by atoms with van der Waals surface area (Å²) >= 11 is 0. The van der Waals surface area contributed by atoms with E-state index >= 15 is 0 Å². The molecule has 7 nitrogen and oxygen atoms in total. The van der Waals surface area contributed by atoms with Gasteiger partial charge in [-0.25, -0.2) is 4.79 Å². The second-order valence-electron chi connectivity index (χ2n) is 3.57. The fourth-order valence-corrected chi connectivity index (χ4v) is 1.70. The number of hydrogen-bond acceptors (Lipinski definition) is 4. The number of hydrogen-bond donors (Lipinski definition) is 2. The molecule has 0 bridgehead atoms. The maximum atomic E-state index is 11.0. The fourth-order valence-electron chi connectivity index (χ4n) is 1.70. The SMILES string of the molecule is COCO[C@@H]1CCN(C(=O)O)C[C@@H]1C(=O)O. The summed E-state index contributed by atoms with van der Waals surface area (Å²) in [7, 11) is 1.45. The highest BCUT2D eigenvalue weighted by Crippen LogP contribution is 2.20. The Hall–Kier alpha value is -1.34. The van der Waals surface area contributed by atoms with Crippen LogP contribution in [0.3, 0.4) is 0 Å². The molecule has 1 aliphatic rings. The first kappa shape index (κ1) is 12.7. The number of aliphatic carboxylic acids is 1. The molecule has 2 N–H and O–H groups in total. The molecule has 7 heteroatoms. The number of methoxy groups -OCH3 is 1. The van der Waals surface area contributed by atoms with Crippen LogP contribution in [0, 0.1) is 5.92 Å². The first-order chi connectivity index (χ1) is 7.56. The van der Waals surface area contributed by atoms with E-state index in [9.17, 15) is 9.59 Å². The van der Waals surface area contributed by atoms with Crippen LogP contribution in [0.2, 0.25) is 0 Å². The lowest BCUT2D eigenvalue weighted by molar-refractivity contribution is -0.158. The molecule has 0 spiro atoms. The van der Waals surface area contributed by atoms with Gasteiger partial charge in [-0.2, -0.15) is 0 Å². The van der Waals surface area contributed by atoms with Gasteiger partial charge in [0, 0.05) is 20.2 Å². The van der Waals surface area contributed by atoms with Gasteiger partial charge in [0.1, 0.15) is 12.7 Å². The smallest absolute Gasteiger partial charge is 0.407 e. The number of carboxylic acids is 1. The zero-order valence-electron chi connectivity index (χ0n) is 8.96. The second-order valence-corrected chi connectivity index (χ2v) is 3.57. The summed E-state index contributed by atoms with van der Waals surface area (Å²) in [5, 5.41) is 17.7. The molecule has 1 amide bonds. The number of rotatable bonds is 4. The van der Waals surface area contributed by atoms with Crippen molar-refractivity contribution in [3.63, 3.8) is 0 Å². The van der Waals surface area contributed by atoms with Gasteiger partial charge in [0.2, 0.25) is 0 Å². The molecule has 1 aliphatic heterocycles. The Morgan fingerprint density at radius 2 is 2.12 bits per heavy atom. The molecule has 1 fully saturated rings. The third-order valence-corrected chi connectivity index (χ3v) is 2.54. The van der Waals surface area contributed by atoms with E-state index in [0.29, 0.717) is 6.42 Å². The van der Waals surface area contributed by atoms with Crippen LogP contribution in [0.5, 0.6) is 0 Å². The molecule has 2 atom stereocenters. The number of ether oxygens (including phenoxy) is 2. The summed E-state index contributed by atoms with van der Waals surface area (Å²) in [6, 6.07) is 0. The molecular weight excluding hydrogens is 218 g/mol. The predicted molar refractivity (Wildman–Crippen MR) is 52.1 cm³/mol. The lowest BCUT2D eigenvalue weighted by Crippen LogP contribution is -2.49. The Kier molecular flexibility index (Phi) is 4.51. The van der Waals surface area contributed by atoms with Gasteiger partial charge in [-0.05, 0) is 6.42 Å². The van der Waals surface area contributed by atoms with Crippen molar-refractivity contribution in [1.29, 1.82) is 0 Å². The minimum absolute atomic E-state index is 0.0154. The first-order valence-electron chi connectivity index (χ1n) is 4.87. The van der Waals surface area contributed by atoms with Gasteiger partial charge in [-0.15, -0.1) is 0 Å². The zero-order valence-corrected chi connectivity index (χ0v) is 8.96. The van der Waals surface area contributed by atoms with E-state index in [2.05, 4.69) is 0 Å². The monoisotopic (exact) mass is 233 g/mol. The number of likely N-dealkylation sites (tertiary alicyclic amines) is 1. The summed E-state index contributed by atoms with van der Waals surface area (Å²) in [6.45, 7) is 0.258. The van der Waals surface area contributed by atoms with Crippen LogP contribution in [-0.2, 0) is 14.3 Å². The maximum absolute atomic E-state index is 11.0. The molecule has 0 aromatic carbocycles. The molecule has 92 valence electrons. The van der Waals surface area contributed by atoms with Gasteiger partial charge in [0.15, 0.2) is 0 Å². The number of amides is 1. The maximum Gasteiger partial charge on any atom is 0.407 e. The van der Waals surface area contributed by atoms with E-state index in [1.807, 2.05) is 0 Å². The zero-order chi connectivity index (χ0) is 12.1. The van der Waals surface area contributed by atoms with Crippen LogP contribution >= 0.6 is 0 Å². The number of piperidine rings is 1. The lowest BCUT2D eigenvalue weighted by Gasteiger charge is -2.34. The Morgan fingerprint density at radius 3 is 2.62 bits per heavy atom. The third-order valence-electron chi connectivity index (χ3n) is 2.54. The molecule has 16 heavy (non-hydrogen) atoms. The minimum Gasteiger partial charge on any atom is -0.481 e. The fraction of sp³-hybridized carbons (Fsp3) is 0.778. The van der Waals surface area contributed by atoms with Gasteiger partial charge >= 0.3 is 12.1 Å². The average molecular weight is 233 g/mol. The molecular formula is C9H15NO6. The highest BCUT2D eigenvalue weighted by atomic mass is 16.7. The molecule has 1 rings (SSSR count). The summed E-state index contributed by atoms with van der Waals surface area (Å²) in [4.78, 5) is 22.8. The van der Waals surface area contributed by atoms with E-state index in [4.69, 9.17) is 19.7 Å². The lowest BCUT2D eigenvalue weighted by atomic mass is 9.95. The molecule has 1 heterocycles. The normalized spacial score (nSPS) is 25.4.